The molecule has 2 aromatic carbocycles. The van der Waals surface area contributed by atoms with E-state index in [1.807, 2.05) is 18.2 Å². The first-order valence-electron chi connectivity index (χ1n) is 7.63. The van der Waals surface area contributed by atoms with Crippen molar-refractivity contribution in [1.29, 1.82) is 0 Å². The van der Waals surface area contributed by atoms with Crippen LogP contribution < -0.4 is 10.6 Å². The van der Waals surface area contributed by atoms with Crippen molar-refractivity contribution in [2.45, 2.75) is 6.42 Å². The maximum atomic E-state index is 13.6. The number of carbonyl (C=O) groups is 1. The Morgan fingerprint density at radius 1 is 1.04 bits per heavy atom. The summed E-state index contributed by atoms with van der Waals surface area (Å²) in [5, 5.41) is 6.39. The van der Waals surface area contributed by atoms with E-state index in [1.165, 1.54) is 6.07 Å². The average molecular weight is 356 g/mol. The topological polar surface area (TPSA) is 54.0 Å². The predicted octanol–water partition coefficient (Wildman–Crippen LogP) is 4.80. The van der Waals surface area contributed by atoms with Crippen LogP contribution in [0.15, 0.2) is 66.9 Å². The zero-order valence-electron chi connectivity index (χ0n) is 13.2. The lowest BCUT2D eigenvalue weighted by atomic mass is 10.1. The molecule has 1 heterocycles. The molecule has 0 aliphatic heterocycles. The highest BCUT2D eigenvalue weighted by atomic mass is 35.5. The standard InChI is InChI=1S/C19H15ClFN3O/c20-15-6-2-4-8-17(15)23-14-9-10-18(22-12-14)24-19(25)11-13-5-1-3-7-16(13)21/h1-10,12,23H,11H2,(H,22,24,25). The summed E-state index contributed by atoms with van der Waals surface area (Å²) in [5.74, 6) is -0.333. The summed E-state index contributed by atoms with van der Waals surface area (Å²) in [6, 6.07) is 17.0. The van der Waals surface area contributed by atoms with Crippen LogP contribution in [-0.4, -0.2) is 10.9 Å². The number of pyridine rings is 1. The summed E-state index contributed by atoms with van der Waals surface area (Å²) in [4.78, 5) is 16.2. The molecule has 0 spiro atoms. The van der Waals surface area contributed by atoms with Crippen molar-refractivity contribution < 1.29 is 9.18 Å². The summed E-state index contributed by atoms with van der Waals surface area (Å²) in [5.41, 5.74) is 1.85. The summed E-state index contributed by atoms with van der Waals surface area (Å²) >= 11 is 6.09. The Morgan fingerprint density at radius 3 is 2.52 bits per heavy atom. The minimum Gasteiger partial charge on any atom is -0.353 e. The van der Waals surface area contributed by atoms with Gasteiger partial charge in [-0.1, -0.05) is 41.9 Å². The summed E-state index contributed by atoms with van der Waals surface area (Å²) < 4.78 is 13.6. The van der Waals surface area contributed by atoms with E-state index in [-0.39, 0.29) is 12.3 Å². The number of anilines is 3. The molecule has 25 heavy (non-hydrogen) atoms. The Labute approximate surface area is 149 Å². The van der Waals surface area contributed by atoms with E-state index in [4.69, 9.17) is 11.6 Å². The smallest absolute Gasteiger partial charge is 0.230 e. The highest BCUT2D eigenvalue weighted by molar-refractivity contribution is 6.33. The number of rotatable bonds is 5. The van der Waals surface area contributed by atoms with E-state index < -0.39 is 5.82 Å². The number of para-hydroxylation sites is 1. The van der Waals surface area contributed by atoms with E-state index in [2.05, 4.69) is 15.6 Å². The van der Waals surface area contributed by atoms with Gasteiger partial charge in [-0.15, -0.1) is 0 Å². The second-order valence-corrected chi connectivity index (χ2v) is 5.76. The first-order valence-corrected chi connectivity index (χ1v) is 8.00. The van der Waals surface area contributed by atoms with Crippen LogP contribution in [0, 0.1) is 5.82 Å². The molecule has 0 bridgehead atoms. The number of benzene rings is 2. The number of hydrogen-bond acceptors (Lipinski definition) is 3. The zero-order chi connectivity index (χ0) is 17.6. The molecule has 0 atom stereocenters. The number of carbonyl (C=O) groups excluding carboxylic acids is 1. The van der Waals surface area contributed by atoms with Crippen molar-refractivity contribution in [2.24, 2.45) is 0 Å². The Morgan fingerprint density at radius 2 is 1.80 bits per heavy atom. The van der Waals surface area contributed by atoms with Gasteiger partial charge in [0.05, 0.1) is 29.0 Å². The molecular weight excluding hydrogens is 341 g/mol. The van der Waals surface area contributed by atoms with Crippen LogP contribution in [0.25, 0.3) is 0 Å². The quantitative estimate of drug-likeness (QED) is 0.691. The maximum absolute atomic E-state index is 13.6. The summed E-state index contributed by atoms with van der Waals surface area (Å²) in [7, 11) is 0. The first-order chi connectivity index (χ1) is 12.1. The molecule has 3 rings (SSSR count). The number of nitrogens with zero attached hydrogens (tertiary/aromatic N) is 1. The molecular formula is C19H15ClFN3O. The molecule has 2 N–H and O–H groups in total. The number of hydrogen-bond donors (Lipinski definition) is 2. The van der Waals surface area contributed by atoms with Gasteiger partial charge in [-0.25, -0.2) is 9.37 Å². The molecule has 0 unspecified atom stereocenters. The molecule has 4 nitrogen and oxygen atoms in total. The normalized spacial score (nSPS) is 10.3. The third kappa shape index (κ3) is 4.55. The lowest BCUT2D eigenvalue weighted by Gasteiger charge is -2.09. The zero-order valence-corrected chi connectivity index (χ0v) is 13.9. The summed E-state index contributed by atoms with van der Waals surface area (Å²) in [6.45, 7) is 0. The second kappa shape index (κ2) is 7.77. The van der Waals surface area contributed by atoms with Gasteiger partial charge in [-0.2, -0.15) is 0 Å². The van der Waals surface area contributed by atoms with Gasteiger partial charge < -0.3 is 10.6 Å². The number of halogens is 2. The average Bonchev–Trinajstić information content (AvgIpc) is 2.61. The molecule has 0 saturated carbocycles. The molecule has 1 amide bonds. The molecule has 0 radical (unpaired) electrons. The number of nitrogens with one attached hydrogen (secondary N) is 2. The molecule has 3 aromatic rings. The fourth-order valence-electron chi connectivity index (χ4n) is 2.26. The van der Waals surface area contributed by atoms with E-state index in [0.29, 0.717) is 16.4 Å². The van der Waals surface area contributed by atoms with Crippen molar-refractivity contribution in [1.82, 2.24) is 4.98 Å². The van der Waals surface area contributed by atoms with Gasteiger partial charge in [0.2, 0.25) is 5.91 Å². The fourth-order valence-corrected chi connectivity index (χ4v) is 2.44. The third-order valence-corrected chi connectivity index (χ3v) is 3.82. The van der Waals surface area contributed by atoms with Crippen LogP contribution >= 0.6 is 11.6 Å². The minimum absolute atomic E-state index is 0.0476. The highest BCUT2D eigenvalue weighted by Gasteiger charge is 2.08. The van der Waals surface area contributed by atoms with Gasteiger partial charge in [0.25, 0.3) is 0 Å². The van der Waals surface area contributed by atoms with Crippen molar-refractivity contribution in [3.63, 3.8) is 0 Å². The monoisotopic (exact) mass is 355 g/mol. The molecule has 0 fully saturated rings. The Kier molecular flexibility index (Phi) is 5.26. The Hall–Kier alpha value is -2.92. The fraction of sp³-hybridized carbons (Fsp3) is 0.0526. The summed E-state index contributed by atoms with van der Waals surface area (Å²) in [6.07, 6.45) is 1.54. The highest BCUT2D eigenvalue weighted by Crippen LogP contribution is 2.24. The predicted molar refractivity (Wildman–Crippen MR) is 97.7 cm³/mol. The van der Waals surface area contributed by atoms with E-state index >= 15 is 0 Å². The third-order valence-electron chi connectivity index (χ3n) is 3.49. The molecule has 126 valence electrons. The van der Waals surface area contributed by atoms with Crippen LogP contribution in [0.4, 0.5) is 21.6 Å². The van der Waals surface area contributed by atoms with Gasteiger partial charge >= 0.3 is 0 Å². The molecule has 1 aromatic heterocycles. The van der Waals surface area contributed by atoms with Crippen LogP contribution in [0.2, 0.25) is 5.02 Å². The molecule has 0 saturated heterocycles. The van der Waals surface area contributed by atoms with Gasteiger partial charge in [0.1, 0.15) is 11.6 Å². The van der Waals surface area contributed by atoms with E-state index in [9.17, 15) is 9.18 Å². The van der Waals surface area contributed by atoms with Crippen molar-refractivity contribution >= 4 is 34.7 Å². The minimum atomic E-state index is -0.398. The van der Waals surface area contributed by atoms with Gasteiger partial charge in [0, 0.05) is 0 Å². The van der Waals surface area contributed by atoms with Crippen molar-refractivity contribution in [2.75, 3.05) is 10.6 Å². The van der Waals surface area contributed by atoms with E-state index in [0.717, 1.165) is 11.4 Å². The Balaban J connectivity index is 1.62. The lowest BCUT2D eigenvalue weighted by Crippen LogP contribution is -2.16. The maximum Gasteiger partial charge on any atom is 0.230 e. The molecule has 0 aliphatic rings. The van der Waals surface area contributed by atoms with Crippen LogP contribution in [-0.2, 0) is 11.2 Å². The number of amides is 1. The van der Waals surface area contributed by atoms with E-state index in [1.54, 1.807) is 42.6 Å². The van der Waals surface area contributed by atoms with Gasteiger partial charge in [-0.3, -0.25) is 4.79 Å². The van der Waals surface area contributed by atoms with Gasteiger partial charge in [-0.05, 0) is 35.9 Å². The SMILES string of the molecule is O=C(Cc1ccccc1F)Nc1ccc(Nc2ccccc2Cl)cn1. The molecule has 6 heteroatoms. The van der Waals surface area contributed by atoms with Crippen molar-refractivity contribution in [3.05, 3.63) is 83.3 Å². The largest absolute Gasteiger partial charge is 0.353 e. The lowest BCUT2D eigenvalue weighted by molar-refractivity contribution is -0.115. The Bertz CT molecular complexity index is 884. The van der Waals surface area contributed by atoms with Crippen LogP contribution in [0.5, 0.6) is 0 Å². The van der Waals surface area contributed by atoms with Crippen LogP contribution in [0.3, 0.4) is 0 Å². The first kappa shape index (κ1) is 16.9. The molecule has 0 aliphatic carbocycles. The number of aromatic nitrogens is 1. The van der Waals surface area contributed by atoms with Crippen LogP contribution in [0.1, 0.15) is 5.56 Å². The van der Waals surface area contributed by atoms with Crippen molar-refractivity contribution in [3.8, 4) is 0 Å². The van der Waals surface area contributed by atoms with Gasteiger partial charge in [0.15, 0.2) is 0 Å². The second-order valence-electron chi connectivity index (χ2n) is 5.35.